The molecule has 0 aliphatic rings. The van der Waals surface area contributed by atoms with Gasteiger partial charge < -0.3 is 5.32 Å². The van der Waals surface area contributed by atoms with Crippen molar-refractivity contribution in [3.05, 3.63) is 58.7 Å². The number of aromatic amines is 1. The Morgan fingerprint density at radius 2 is 2.05 bits per heavy atom. The van der Waals surface area contributed by atoms with Gasteiger partial charge in [0, 0.05) is 15.4 Å². The summed E-state index contributed by atoms with van der Waals surface area (Å²) in [5.74, 6) is -0.144. The summed E-state index contributed by atoms with van der Waals surface area (Å²) < 4.78 is 0.877. The maximum atomic E-state index is 12.2. The van der Waals surface area contributed by atoms with Crippen molar-refractivity contribution in [2.24, 2.45) is 0 Å². The molecule has 5 heteroatoms. The summed E-state index contributed by atoms with van der Waals surface area (Å²) in [4.78, 5) is 12.2. The number of hydrogen-bond acceptors (Lipinski definition) is 2. The van der Waals surface area contributed by atoms with Gasteiger partial charge in [-0.2, -0.15) is 5.10 Å². The first-order valence-electron chi connectivity index (χ1n) is 5.73. The third kappa shape index (κ3) is 2.37. The van der Waals surface area contributed by atoms with Crippen LogP contribution in [0.3, 0.4) is 0 Å². The van der Waals surface area contributed by atoms with Gasteiger partial charge in [-0.25, -0.2) is 0 Å². The van der Waals surface area contributed by atoms with Crippen molar-refractivity contribution >= 4 is 38.4 Å². The van der Waals surface area contributed by atoms with Crippen LogP contribution in [0, 0.1) is 0 Å². The lowest BCUT2D eigenvalue weighted by molar-refractivity contribution is 0.102. The number of carbonyl (C=O) groups is 1. The monoisotopic (exact) mass is 315 g/mol. The molecule has 3 rings (SSSR count). The Balaban J connectivity index is 1.93. The first-order chi connectivity index (χ1) is 9.24. The zero-order valence-corrected chi connectivity index (χ0v) is 11.4. The summed E-state index contributed by atoms with van der Waals surface area (Å²) in [6, 6.07) is 12.9. The van der Waals surface area contributed by atoms with Crippen LogP contribution in [-0.2, 0) is 0 Å². The Hall–Kier alpha value is -2.14. The van der Waals surface area contributed by atoms with Crippen molar-refractivity contribution in [3.8, 4) is 0 Å². The molecule has 2 aromatic carbocycles. The molecule has 0 aliphatic heterocycles. The summed E-state index contributed by atoms with van der Waals surface area (Å²) >= 11 is 3.35. The number of benzene rings is 2. The van der Waals surface area contributed by atoms with Crippen molar-refractivity contribution in [2.75, 3.05) is 5.32 Å². The smallest absolute Gasteiger partial charge is 0.255 e. The number of nitrogens with one attached hydrogen (secondary N) is 2. The predicted molar refractivity (Wildman–Crippen MR) is 78.2 cm³/mol. The molecule has 2 N–H and O–H groups in total. The predicted octanol–water partition coefficient (Wildman–Crippen LogP) is 3.58. The largest absolute Gasteiger partial charge is 0.321 e. The SMILES string of the molecule is O=C(Nc1cccc2[nH]ncc12)c1cccc(Br)c1. The van der Waals surface area contributed by atoms with Gasteiger partial charge in [0.15, 0.2) is 0 Å². The van der Waals surface area contributed by atoms with Gasteiger partial charge >= 0.3 is 0 Å². The lowest BCUT2D eigenvalue weighted by Gasteiger charge is -2.06. The van der Waals surface area contributed by atoms with E-state index in [-0.39, 0.29) is 5.91 Å². The van der Waals surface area contributed by atoms with Crippen LogP contribution in [0.15, 0.2) is 53.1 Å². The number of fused-ring (bicyclic) bond motifs is 1. The molecule has 0 spiro atoms. The molecule has 0 saturated heterocycles. The fourth-order valence-electron chi connectivity index (χ4n) is 1.90. The third-order valence-corrected chi connectivity index (χ3v) is 3.31. The molecule has 94 valence electrons. The number of anilines is 1. The Kier molecular flexibility index (Phi) is 3.05. The highest BCUT2D eigenvalue weighted by Gasteiger charge is 2.09. The number of amides is 1. The molecule has 3 aromatic rings. The molecule has 1 aromatic heterocycles. The van der Waals surface area contributed by atoms with E-state index < -0.39 is 0 Å². The van der Waals surface area contributed by atoms with E-state index in [4.69, 9.17) is 0 Å². The summed E-state index contributed by atoms with van der Waals surface area (Å²) in [6.07, 6.45) is 1.70. The van der Waals surface area contributed by atoms with E-state index in [1.807, 2.05) is 30.3 Å². The molecule has 19 heavy (non-hydrogen) atoms. The summed E-state index contributed by atoms with van der Waals surface area (Å²) in [6.45, 7) is 0. The Labute approximate surface area is 118 Å². The van der Waals surface area contributed by atoms with Crippen LogP contribution in [0.5, 0.6) is 0 Å². The van der Waals surface area contributed by atoms with Crippen LogP contribution < -0.4 is 5.32 Å². The molecule has 0 aliphatic carbocycles. The minimum Gasteiger partial charge on any atom is -0.321 e. The first kappa shape index (κ1) is 11.9. The minimum absolute atomic E-state index is 0.144. The number of aromatic nitrogens is 2. The van der Waals surface area contributed by atoms with Gasteiger partial charge in [0.25, 0.3) is 5.91 Å². The molecule has 0 bridgehead atoms. The number of hydrogen-bond donors (Lipinski definition) is 2. The zero-order valence-electron chi connectivity index (χ0n) is 9.85. The summed E-state index contributed by atoms with van der Waals surface area (Å²) in [7, 11) is 0. The van der Waals surface area contributed by atoms with Crippen LogP contribution >= 0.6 is 15.9 Å². The van der Waals surface area contributed by atoms with Gasteiger partial charge in [-0.3, -0.25) is 9.89 Å². The average molecular weight is 316 g/mol. The van der Waals surface area contributed by atoms with Crippen LogP contribution in [0.4, 0.5) is 5.69 Å². The lowest BCUT2D eigenvalue weighted by Crippen LogP contribution is -2.11. The van der Waals surface area contributed by atoms with Crippen LogP contribution in [0.25, 0.3) is 10.9 Å². The van der Waals surface area contributed by atoms with Crippen molar-refractivity contribution in [2.45, 2.75) is 0 Å². The highest BCUT2D eigenvalue weighted by molar-refractivity contribution is 9.10. The van der Waals surface area contributed by atoms with Crippen LogP contribution in [0.1, 0.15) is 10.4 Å². The molecular formula is C14H10BrN3O. The van der Waals surface area contributed by atoms with E-state index in [9.17, 15) is 4.79 Å². The molecular weight excluding hydrogens is 306 g/mol. The van der Waals surface area contributed by atoms with Crippen LogP contribution in [-0.4, -0.2) is 16.1 Å². The van der Waals surface area contributed by atoms with Gasteiger partial charge in [-0.05, 0) is 30.3 Å². The number of halogens is 1. The summed E-state index contributed by atoms with van der Waals surface area (Å²) in [5.41, 5.74) is 2.25. The van der Waals surface area contributed by atoms with Crippen molar-refractivity contribution in [3.63, 3.8) is 0 Å². The Morgan fingerprint density at radius 1 is 1.21 bits per heavy atom. The molecule has 1 amide bonds. The van der Waals surface area contributed by atoms with Gasteiger partial charge in [0.2, 0.25) is 0 Å². The average Bonchev–Trinajstić information content (AvgIpc) is 2.88. The summed E-state index contributed by atoms with van der Waals surface area (Å²) in [5, 5.41) is 10.6. The standard InChI is InChI=1S/C14H10BrN3O/c15-10-4-1-3-9(7-10)14(19)17-12-5-2-6-13-11(12)8-16-18-13/h1-8H,(H,16,18)(H,17,19). The molecule has 0 saturated carbocycles. The third-order valence-electron chi connectivity index (χ3n) is 2.82. The maximum Gasteiger partial charge on any atom is 0.255 e. The quantitative estimate of drug-likeness (QED) is 0.759. The molecule has 0 fully saturated rings. The lowest BCUT2D eigenvalue weighted by atomic mass is 10.2. The minimum atomic E-state index is -0.144. The van der Waals surface area contributed by atoms with Crippen molar-refractivity contribution in [1.82, 2.24) is 10.2 Å². The maximum absolute atomic E-state index is 12.2. The second kappa shape index (κ2) is 4.85. The zero-order chi connectivity index (χ0) is 13.2. The highest BCUT2D eigenvalue weighted by atomic mass is 79.9. The fraction of sp³-hybridized carbons (Fsp3) is 0. The second-order valence-corrected chi connectivity index (χ2v) is 5.02. The number of H-pyrrole nitrogens is 1. The van der Waals surface area contributed by atoms with Crippen molar-refractivity contribution in [1.29, 1.82) is 0 Å². The normalized spacial score (nSPS) is 10.6. The van der Waals surface area contributed by atoms with Crippen molar-refractivity contribution < 1.29 is 4.79 Å². The van der Waals surface area contributed by atoms with E-state index in [0.717, 1.165) is 21.1 Å². The van der Waals surface area contributed by atoms with Gasteiger partial charge in [0.1, 0.15) is 0 Å². The van der Waals surface area contributed by atoms with E-state index in [2.05, 4.69) is 31.4 Å². The van der Waals surface area contributed by atoms with E-state index >= 15 is 0 Å². The topological polar surface area (TPSA) is 57.8 Å². The highest BCUT2D eigenvalue weighted by Crippen LogP contribution is 2.22. The van der Waals surface area contributed by atoms with E-state index in [1.165, 1.54) is 0 Å². The Morgan fingerprint density at radius 3 is 2.89 bits per heavy atom. The number of rotatable bonds is 2. The molecule has 0 atom stereocenters. The van der Waals surface area contributed by atoms with Gasteiger partial charge in [-0.1, -0.05) is 28.1 Å². The molecule has 4 nitrogen and oxygen atoms in total. The van der Waals surface area contributed by atoms with E-state index in [1.54, 1.807) is 18.3 Å². The number of nitrogens with zero attached hydrogens (tertiary/aromatic N) is 1. The second-order valence-electron chi connectivity index (χ2n) is 4.10. The molecule has 0 radical (unpaired) electrons. The molecule has 1 heterocycles. The number of carbonyl (C=O) groups excluding carboxylic acids is 1. The van der Waals surface area contributed by atoms with Gasteiger partial charge in [-0.15, -0.1) is 0 Å². The van der Waals surface area contributed by atoms with E-state index in [0.29, 0.717) is 5.56 Å². The Bertz CT molecular complexity index is 751. The van der Waals surface area contributed by atoms with Crippen LogP contribution in [0.2, 0.25) is 0 Å². The van der Waals surface area contributed by atoms with Gasteiger partial charge in [0.05, 0.1) is 17.4 Å². The first-order valence-corrected chi connectivity index (χ1v) is 6.52. The molecule has 0 unspecified atom stereocenters. The fourth-order valence-corrected chi connectivity index (χ4v) is 2.30.